The van der Waals surface area contributed by atoms with E-state index in [4.69, 9.17) is 9.84 Å². The van der Waals surface area contributed by atoms with Gasteiger partial charge in [-0.1, -0.05) is 30.3 Å². The van der Waals surface area contributed by atoms with Gasteiger partial charge < -0.3 is 14.9 Å². The van der Waals surface area contributed by atoms with E-state index in [1.807, 2.05) is 51.1 Å². The van der Waals surface area contributed by atoms with Crippen LogP contribution >= 0.6 is 0 Å². The number of hydrogen-bond acceptors (Lipinski definition) is 4. The zero-order chi connectivity index (χ0) is 15.2. The molecule has 0 aliphatic carbocycles. The summed E-state index contributed by atoms with van der Waals surface area (Å²) in [7, 11) is 0. The number of rotatable bonds is 7. The molecule has 5 nitrogen and oxygen atoms in total. The van der Waals surface area contributed by atoms with E-state index >= 15 is 0 Å². The molecular formula is C15H23NO4. The standard InChI is InChI=1S/C15H23NO4/c1-15(2,3)20-14(19)16-12(10-13(17)18)9-11-7-5-4-6-8-11/h4-8,12,14,16,19H,9-10H2,1-3H3,(H,17,18). The molecule has 20 heavy (non-hydrogen) atoms. The van der Waals surface area contributed by atoms with Crippen LogP contribution in [0.1, 0.15) is 32.8 Å². The van der Waals surface area contributed by atoms with E-state index in [0.29, 0.717) is 6.42 Å². The van der Waals surface area contributed by atoms with Crippen LogP contribution in [-0.4, -0.2) is 34.2 Å². The van der Waals surface area contributed by atoms with E-state index in [-0.39, 0.29) is 6.42 Å². The van der Waals surface area contributed by atoms with Crippen molar-refractivity contribution in [3.8, 4) is 0 Å². The van der Waals surface area contributed by atoms with Crippen molar-refractivity contribution in [3.05, 3.63) is 35.9 Å². The van der Waals surface area contributed by atoms with Gasteiger partial charge in [-0.2, -0.15) is 0 Å². The molecule has 2 atom stereocenters. The molecule has 1 rings (SSSR count). The van der Waals surface area contributed by atoms with Gasteiger partial charge in [0.15, 0.2) is 0 Å². The predicted octanol–water partition coefficient (Wildman–Crippen LogP) is 1.75. The van der Waals surface area contributed by atoms with Gasteiger partial charge >= 0.3 is 5.97 Å². The number of carboxylic acids is 1. The fourth-order valence-corrected chi connectivity index (χ4v) is 1.87. The van der Waals surface area contributed by atoms with E-state index < -0.39 is 24.0 Å². The Morgan fingerprint density at radius 1 is 1.30 bits per heavy atom. The van der Waals surface area contributed by atoms with Crippen molar-refractivity contribution in [1.82, 2.24) is 5.32 Å². The lowest BCUT2D eigenvalue weighted by molar-refractivity contribution is -0.186. The summed E-state index contributed by atoms with van der Waals surface area (Å²) in [4.78, 5) is 10.9. The Morgan fingerprint density at radius 2 is 1.90 bits per heavy atom. The zero-order valence-electron chi connectivity index (χ0n) is 12.2. The fraction of sp³-hybridized carbons (Fsp3) is 0.533. The summed E-state index contributed by atoms with van der Waals surface area (Å²) in [5, 5.41) is 21.6. The Morgan fingerprint density at radius 3 is 2.40 bits per heavy atom. The summed E-state index contributed by atoms with van der Waals surface area (Å²) in [6.45, 7) is 5.46. The number of aliphatic carboxylic acids is 1. The number of ether oxygens (including phenoxy) is 1. The molecule has 2 unspecified atom stereocenters. The van der Waals surface area contributed by atoms with Crippen molar-refractivity contribution in [2.75, 3.05) is 0 Å². The quantitative estimate of drug-likeness (QED) is 0.664. The monoisotopic (exact) mass is 281 g/mol. The summed E-state index contributed by atoms with van der Waals surface area (Å²) < 4.78 is 5.34. The van der Waals surface area contributed by atoms with Gasteiger partial charge in [0.05, 0.1) is 12.0 Å². The Labute approximate surface area is 119 Å². The van der Waals surface area contributed by atoms with E-state index in [1.165, 1.54) is 0 Å². The summed E-state index contributed by atoms with van der Waals surface area (Å²) in [5.41, 5.74) is 0.502. The van der Waals surface area contributed by atoms with Gasteiger partial charge in [0.1, 0.15) is 0 Å². The van der Waals surface area contributed by atoms with Crippen LogP contribution in [0.15, 0.2) is 30.3 Å². The normalized spacial score (nSPS) is 14.8. The third-order valence-corrected chi connectivity index (χ3v) is 2.59. The van der Waals surface area contributed by atoms with Gasteiger partial charge in [-0.05, 0) is 32.8 Å². The number of hydrogen-bond donors (Lipinski definition) is 3. The van der Waals surface area contributed by atoms with Crippen molar-refractivity contribution in [2.24, 2.45) is 0 Å². The molecule has 0 spiro atoms. The lowest BCUT2D eigenvalue weighted by atomic mass is 10.0. The first-order chi connectivity index (χ1) is 9.26. The van der Waals surface area contributed by atoms with Crippen molar-refractivity contribution < 1.29 is 19.7 Å². The minimum Gasteiger partial charge on any atom is -0.481 e. The minimum absolute atomic E-state index is 0.0839. The molecule has 0 aromatic heterocycles. The molecule has 3 N–H and O–H groups in total. The van der Waals surface area contributed by atoms with Gasteiger partial charge in [0.2, 0.25) is 6.41 Å². The first-order valence-corrected chi connectivity index (χ1v) is 6.64. The molecular weight excluding hydrogens is 258 g/mol. The molecule has 0 aliphatic rings. The first kappa shape index (κ1) is 16.6. The number of aliphatic hydroxyl groups excluding tert-OH is 1. The van der Waals surface area contributed by atoms with Gasteiger partial charge in [0.25, 0.3) is 0 Å². The summed E-state index contributed by atoms with van der Waals surface area (Å²) in [6.07, 6.45) is -0.764. The van der Waals surface area contributed by atoms with Gasteiger partial charge in [0, 0.05) is 6.04 Å². The Kier molecular flexibility index (Phi) is 6.13. The van der Waals surface area contributed by atoms with Crippen LogP contribution in [0.4, 0.5) is 0 Å². The molecule has 5 heteroatoms. The highest BCUT2D eigenvalue weighted by Crippen LogP contribution is 2.11. The number of nitrogens with one attached hydrogen (secondary N) is 1. The molecule has 112 valence electrons. The molecule has 0 saturated heterocycles. The molecule has 0 amide bonds. The molecule has 0 fully saturated rings. The minimum atomic E-state index is -1.19. The molecule has 0 bridgehead atoms. The van der Waals surface area contributed by atoms with E-state index in [2.05, 4.69) is 5.32 Å². The number of carbonyl (C=O) groups is 1. The van der Waals surface area contributed by atoms with Crippen LogP contribution in [0.25, 0.3) is 0 Å². The highest BCUT2D eigenvalue weighted by atomic mass is 16.6. The van der Waals surface area contributed by atoms with Crippen molar-refractivity contribution in [1.29, 1.82) is 0 Å². The number of benzene rings is 1. The second kappa shape index (κ2) is 7.38. The highest BCUT2D eigenvalue weighted by Gasteiger charge is 2.21. The van der Waals surface area contributed by atoms with Crippen LogP contribution in [0.5, 0.6) is 0 Å². The largest absolute Gasteiger partial charge is 0.481 e. The Bertz CT molecular complexity index is 414. The maximum absolute atomic E-state index is 10.9. The molecule has 1 aromatic carbocycles. The van der Waals surface area contributed by atoms with Crippen molar-refractivity contribution >= 4 is 5.97 Å². The van der Waals surface area contributed by atoms with Crippen LogP contribution in [-0.2, 0) is 16.0 Å². The summed E-state index contributed by atoms with van der Waals surface area (Å²) in [6, 6.07) is 9.15. The van der Waals surface area contributed by atoms with Crippen LogP contribution in [0.3, 0.4) is 0 Å². The van der Waals surface area contributed by atoms with Crippen LogP contribution in [0.2, 0.25) is 0 Å². The zero-order valence-corrected chi connectivity index (χ0v) is 12.2. The number of aliphatic hydroxyl groups is 1. The molecule has 0 saturated carbocycles. The summed E-state index contributed by atoms with van der Waals surface area (Å²) in [5.74, 6) is -0.915. The van der Waals surface area contributed by atoms with E-state index in [9.17, 15) is 9.90 Å². The van der Waals surface area contributed by atoms with Gasteiger partial charge in [-0.15, -0.1) is 0 Å². The number of carboxylic acid groups (broad SMARTS) is 1. The van der Waals surface area contributed by atoms with Crippen molar-refractivity contribution in [3.63, 3.8) is 0 Å². The smallest absolute Gasteiger partial charge is 0.304 e. The SMILES string of the molecule is CC(C)(C)OC(O)NC(CC(=O)O)Cc1ccccc1. The third-order valence-electron chi connectivity index (χ3n) is 2.59. The highest BCUT2D eigenvalue weighted by molar-refractivity contribution is 5.67. The van der Waals surface area contributed by atoms with Gasteiger partial charge in [-0.25, -0.2) is 0 Å². The second-order valence-corrected chi connectivity index (χ2v) is 5.73. The molecule has 0 radical (unpaired) electrons. The van der Waals surface area contributed by atoms with Gasteiger partial charge in [-0.3, -0.25) is 10.1 Å². The van der Waals surface area contributed by atoms with Crippen molar-refractivity contribution in [2.45, 2.75) is 51.7 Å². The van der Waals surface area contributed by atoms with E-state index in [0.717, 1.165) is 5.56 Å². The molecule has 0 aliphatic heterocycles. The van der Waals surface area contributed by atoms with E-state index in [1.54, 1.807) is 0 Å². The fourth-order valence-electron chi connectivity index (χ4n) is 1.87. The van der Waals surface area contributed by atoms with Crippen LogP contribution < -0.4 is 5.32 Å². The Hall–Kier alpha value is -1.43. The molecule has 1 aromatic rings. The topological polar surface area (TPSA) is 78.8 Å². The summed E-state index contributed by atoms with van der Waals surface area (Å²) >= 11 is 0. The van der Waals surface area contributed by atoms with Crippen LogP contribution in [0, 0.1) is 0 Å². The predicted molar refractivity (Wildman–Crippen MR) is 76.2 cm³/mol. The second-order valence-electron chi connectivity index (χ2n) is 5.73. The third kappa shape index (κ3) is 7.23. The average molecular weight is 281 g/mol. The molecule has 0 heterocycles. The maximum atomic E-state index is 10.9. The lowest BCUT2D eigenvalue weighted by Crippen LogP contribution is -2.45. The maximum Gasteiger partial charge on any atom is 0.304 e. The lowest BCUT2D eigenvalue weighted by Gasteiger charge is -2.27. The Balaban J connectivity index is 2.62. The average Bonchev–Trinajstić information content (AvgIpc) is 2.26. The first-order valence-electron chi connectivity index (χ1n) is 6.64.